The molecule has 0 nitrogen and oxygen atoms in total. The summed E-state index contributed by atoms with van der Waals surface area (Å²) in [6.45, 7) is 0. The second kappa shape index (κ2) is 9.77. The van der Waals surface area contributed by atoms with Gasteiger partial charge in [-0.15, -0.1) is 0 Å². The Morgan fingerprint density at radius 1 is 0.366 bits per heavy atom. The molecule has 0 fully saturated rings. The van der Waals surface area contributed by atoms with Crippen LogP contribution in [0, 0.1) is 0 Å². The van der Waals surface area contributed by atoms with Crippen molar-refractivity contribution in [2.24, 2.45) is 0 Å². The molecule has 0 aliphatic heterocycles. The molecular formula is C41H28. The molecule has 0 saturated carbocycles. The largest absolute Gasteiger partial charge is 0.0622 e. The highest BCUT2D eigenvalue weighted by Crippen LogP contribution is 2.35. The Morgan fingerprint density at radius 2 is 0.976 bits per heavy atom. The molecular weight excluding hydrogens is 492 g/mol. The maximum absolute atomic E-state index is 2.41. The van der Waals surface area contributed by atoms with E-state index >= 15 is 0 Å². The van der Waals surface area contributed by atoms with Crippen molar-refractivity contribution in [3.63, 3.8) is 0 Å². The van der Waals surface area contributed by atoms with Gasteiger partial charge in [0, 0.05) is 0 Å². The van der Waals surface area contributed by atoms with Crippen molar-refractivity contribution >= 4 is 32.7 Å². The fourth-order valence-corrected chi connectivity index (χ4v) is 6.62. The smallest absolute Gasteiger partial charge is 0.000749 e. The lowest BCUT2D eigenvalue weighted by atomic mass is 9.87. The van der Waals surface area contributed by atoms with Gasteiger partial charge < -0.3 is 0 Å². The quantitative estimate of drug-likeness (QED) is 0.205. The van der Waals surface area contributed by atoms with Gasteiger partial charge in [-0.25, -0.2) is 0 Å². The minimum atomic E-state index is 0.875. The number of rotatable bonds is 3. The summed E-state index contributed by atoms with van der Waals surface area (Å²) in [6, 6.07) is 57.8. The monoisotopic (exact) mass is 520 g/mol. The van der Waals surface area contributed by atoms with Gasteiger partial charge in [0.25, 0.3) is 0 Å². The molecule has 192 valence electrons. The summed E-state index contributed by atoms with van der Waals surface area (Å²) in [5.41, 5.74) is 10.4. The first-order valence-corrected chi connectivity index (χ1v) is 14.3. The lowest BCUT2D eigenvalue weighted by molar-refractivity contribution is 1.26. The zero-order chi connectivity index (χ0) is 27.2. The molecule has 7 aromatic rings. The predicted octanol–water partition coefficient (Wildman–Crippen LogP) is 8.66. The average Bonchev–Trinajstić information content (AvgIpc) is 3.19. The van der Waals surface area contributed by atoms with Gasteiger partial charge in [0.05, 0.1) is 0 Å². The van der Waals surface area contributed by atoms with E-state index in [2.05, 4.69) is 158 Å². The van der Waals surface area contributed by atoms with E-state index in [0.29, 0.717) is 0 Å². The van der Waals surface area contributed by atoms with E-state index in [9.17, 15) is 0 Å². The highest BCUT2D eigenvalue weighted by atomic mass is 14.2. The fourth-order valence-electron chi connectivity index (χ4n) is 6.62. The zero-order valence-electron chi connectivity index (χ0n) is 22.7. The van der Waals surface area contributed by atoms with Crippen LogP contribution in [0.1, 0.15) is 22.3 Å². The average molecular weight is 521 g/mol. The molecule has 0 spiro atoms. The molecule has 0 radical (unpaired) electrons. The van der Waals surface area contributed by atoms with Crippen LogP contribution in [0.2, 0.25) is 0 Å². The van der Waals surface area contributed by atoms with Crippen molar-refractivity contribution in [3.8, 4) is 11.1 Å². The van der Waals surface area contributed by atoms with Crippen molar-refractivity contribution < 1.29 is 0 Å². The third-order valence-corrected chi connectivity index (χ3v) is 8.55. The van der Waals surface area contributed by atoms with Crippen molar-refractivity contribution in [1.82, 2.24) is 0 Å². The number of hydrogen-bond acceptors (Lipinski definition) is 0. The van der Waals surface area contributed by atoms with Gasteiger partial charge >= 0.3 is 0 Å². The lowest BCUT2D eigenvalue weighted by Gasteiger charge is -2.16. The number of fused-ring (bicyclic) bond motifs is 5. The van der Waals surface area contributed by atoms with E-state index in [1.807, 2.05) is 0 Å². The van der Waals surface area contributed by atoms with E-state index in [-0.39, 0.29) is 0 Å². The second-order valence-corrected chi connectivity index (χ2v) is 10.9. The molecule has 41 heavy (non-hydrogen) atoms. The van der Waals surface area contributed by atoms with Gasteiger partial charge in [0.1, 0.15) is 0 Å². The van der Waals surface area contributed by atoms with Crippen molar-refractivity contribution in [1.29, 1.82) is 0 Å². The SMILES string of the molecule is c1ccc(-c2ccccc2C2=c3ccccc3=C(c3ccc4ccc5ccccc5c4c3)Cc3ccccc32)cc1. The first kappa shape index (κ1) is 23.7. The van der Waals surface area contributed by atoms with Crippen LogP contribution >= 0.6 is 0 Å². The summed E-state index contributed by atoms with van der Waals surface area (Å²) >= 11 is 0. The molecule has 1 aliphatic carbocycles. The van der Waals surface area contributed by atoms with E-state index in [4.69, 9.17) is 0 Å². The molecule has 0 N–H and O–H groups in total. The van der Waals surface area contributed by atoms with Crippen molar-refractivity contribution in [2.75, 3.05) is 0 Å². The van der Waals surface area contributed by atoms with Crippen LogP contribution in [0.5, 0.6) is 0 Å². The summed E-state index contributed by atoms with van der Waals surface area (Å²) in [5, 5.41) is 7.76. The Labute approximate surface area is 240 Å². The van der Waals surface area contributed by atoms with Crippen molar-refractivity contribution in [2.45, 2.75) is 6.42 Å². The van der Waals surface area contributed by atoms with E-state index in [1.54, 1.807) is 0 Å². The summed E-state index contributed by atoms with van der Waals surface area (Å²) in [5.74, 6) is 0. The van der Waals surface area contributed by atoms with Gasteiger partial charge in [-0.05, 0) is 89.0 Å². The first-order valence-electron chi connectivity index (χ1n) is 14.3. The van der Waals surface area contributed by atoms with Gasteiger partial charge in [-0.1, -0.05) is 152 Å². The Kier molecular flexibility index (Phi) is 5.64. The third kappa shape index (κ3) is 4.00. The molecule has 0 heteroatoms. The van der Waals surface area contributed by atoms with Crippen LogP contribution in [-0.2, 0) is 6.42 Å². The Hall–Kier alpha value is -5.20. The number of benzene rings is 7. The van der Waals surface area contributed by atoms with E-state index < -0.39 is 0 Å². The highest BCUT2D eigenvalue weighted by Gasteiger charge is 2.20. The summed E-state index contributed by atoms with van der Waals surface area (Å²) in [6.07, 6.45) is 0.875. The maximum Gasteiger partial charge on any atom is -0.000749 e. The van der Waals surface area contributed by atoms with Crippen LogP contribution in [0.25, 0.3) is 43.8 Å². The third-order valence-electron chi connectivity index (χ3n) is 8.55. The normalized spacial score (nSPS) is 12.7. The van der Waals surface area contributed by atoms with Gasteiger partial charge in [-0.3, -0.25) is 0 Å². The van der Waals surface area contributed by atoms with E-state index in [1.165, 1.54) is 76.5 Å². The highest BCUT2D eigenvalue weighted by molar-refractivity contribution is 6.08. The summed E-state index contributed by atoms with van der Waals surface area (Å²) in [4.78, 5) is 0. The van der Waals surface area contributed by atoms with Crippen LogP contribution in [0.15, 0.2) is 158 Å². The Morgan fingerprint density at radius 3 is 1.83 bits per heavy atom. The molecule has 1 aliphatic rings. The molecule has 0 aromatic heterocycles. The fraction of sp³-hybridized carbons (Fsp3) is 0.0244. The van der Waals surface area contributed by atoms with Crippen LogP contribution in [-0.4, -0.2) is 0 Å². The molecule has 0 heterocycles. The zero-order valence-corrected chi connectivity index (χ0v) is 22.7. The molecule has 0 atom stereocenters. The summed E-state index contributed by atoms with van der Waals surface area (Å²) in [7, 11) is 0. The topological polar surface area (TPSA) is 0 Å². The Balaban J connectivity index is 1.49. The predicted molar refractivity (Wildman–Crippen MR) is 173 cm³/mol. The van der Waals surface area contributed by atoms with Gasteiger partial charge in [0.2, 0.25) is 0 Å². The molecule has 0 bridgehead atoms. The van der Waals surface area contributed by atoms with Gasteiger partial charge in [-0.2, -0.15) is 0 Å². The van der Waals surface area contributed by atoms with Crippen LogP contribution in [0.3, 0.4) is 0 Å². The summed E-state index contributed by atoms with van der Waals surface area (Å²) < 4.78 is 0. The van der Waals surface area contributed by atoms with Crippen LogP contribution < -0.4 is 10.4 Å². The van der Waals surface area contributed by atoms with Crippen molar-refractivity contribution in [3.05, 3.63) is 190 Å². The minimum absolute atomic E-state index is 0.875. The molecule has 8 rings (SSSR count). The Bertz CT molecular complexity index is 2220. The molecule has 0 unspecified atom stereocenters. The van der Waals surface area contributed by atoms with E-state index in [0.717, 1.165) is 6.42 Å². The molecule has 0 amide bonds. The second-order valence-electron chi connectivity index (χ2n) is 10.9. The van der Waals surface area contributed by atoms with Gasteiger partial charge in [0.15, 0.2) is 0 Å². The minimum Gasteiger partial charge on any atom is -0.0622 e. The molecule has 7 aromatic carbocycles. The van der Waals surface area contributed by atoms with Crippen LogP contribution in [0.4, 0.5) is 0 Å². The standard InChI is InChI=1S/C41H28/c1-2-12-28(13-3-1)33-16-8-10-20-37(33)41-35-18-7-5-15-31(35)26-40(36-19-9-11-21-38(36)41)32-25-24-30-23-22-29-14-4-6-17-34(29)39(30)27-32/h1-25,27H,26H2. The number of hydrogen-bond donors (Lipinski definition) is 0. The lowest BCUT2D eigenvalue weighted by Crippen LogP contribution is -2.29. The molecule has 0 saturated heterocycles. The first-order chi connectivity index (χ1) is 20.3. The maximum atomic E-state index is 2.41.